The molecule has 2 aromatic heterocycles. The van der Waals surface area contributed by atoms with Crippen LogP contribution in [0.5, 0.6) is 5.75 Å². The normalized spacial score (nSPS) is 10.8. The summed E-state index contributed by atoms with van der Waals surface area (Å²) >= 11 is 2.23. The summed E-state index contributed by atoms with van der Waals surface area (Å²) in [6, 6.07) is 7.71. The molecule has 0 saturated heterocycles. The van der Waals surface area contributed by atoms with Crippen LogP contribution in [0.4, 0.5) is 0 Å². The van der Waals surface area contributed by atoms with Gasteiger partial charge in [0.1, 0.15) is 9.45 Å². The first-order chi connectivity index (χ1) is 10.2. The second-order valence-corrected chi connectivity index (χ2v) is 5.28. The van der Waals surface area contributed by atoms with E-state index >= 15 is 0 Å². The van der Waals surface area contributed by atoms with Gasteiger partial charge < -0.3 is 4.74 Å². The summed E-state index contributed by atoms with van der Waals surface area (Å²) in [5, 5.41) is 16.7. The highest BCUT2D eigenvalue weighted by Crippen LogP contribution is 2.24. The second-order valence-electron chi connectivity index (χ2n) is 4.26. The number of benzene rings is 1. The fraction of sp³-hybridized carbons (Fsp3) is 0.231. The molecule has 0 aliphatic rings. The van der Waals surface area contributed by atoms with Crippen molar-refractivity contribution in [2.75, 3.05) is 7.11 Å². The molecule has 0 fully saturated rings. The maximum atomic E-state index is 5.16. The Morgan fingerprint density at radius 1 is 1.24 bits per heavy atom. The molecule has 3 rings (SSSR count). The minimum Gasteiger partial charge on any atom is -0.497 e. The first-order valence-corrected chi connectivity index (χ1v) is 7.47. The van der Waals surface area contributed by atoms with E-state index in [4.69, 9.17) is 4.74 Å². The van der Waals surface area contributed by atoms with Crippen molar-refractivity contribution < 1.29 is 4.74 Å². The van der Waals surface area contributed by atoms with Crippen molar-refractivity contribution >= 4 is 22.6 Å². The lowest BCUT2D eigenvalue weighted by atomic mass is 10.3. The third-order valence-electron chi connectivity index (χ3n) is 3.00. The van der Waals surface area contributed by atoms with E-state index in [1.165, 1.54) is 0 Å². The SMILES string of the molecule is CCn1nnc(-c2cnn(-c3ccc(OC)cc3)c2I)n1. The standard InChI is InChI=1S/C13H13IN6O/c1-3-19-17-13(16-18-19)11-8-15-20(12(11)14)9-4-6-10(21-2)7-5-9/h4-8H,3H2,1-2H3. The molecular formula is C13H13IN6O. The average molecular weight is 396 g/mol. The number of halogens is 1. The lowest BCUT2D eigenvalue weighted by molar-refractivity contribution is 0.414. The highest BCUT2D eigenvalue weighted by Gasteiger charge is 2.15. The van der Waals surface area contributed by atoms with Crippen molar-refractivity contribution in [2.24, 2.45) is 0 Å². The van der Waals surface area contributed by atoms with Gasteiger partial charge in [-0.15, -0.1) is 10.2 Å². The molecular weight excluding hydrogens is 383 g/mol. The van der Waals surface area contributed by atoms with E-state index in [9.17, 15) is 0 Å². The number of rotatable bonds is 4. The van der Waals surface area contributed by atoms with Crippen LogP contribution in [0.1, 0.15) is 6.92 Å². The van der Waals surface area contributed by atoms with Crippen LogP contribution in [0, 0.1) is 3.70 Å². The minimum atomic E-state index is 0.584. The zero-order valence-electron chi connectivity index (χ0n) is 11.6. The van der Waals surface area contributed by atoms with E-state index in [2.05, 4.69) is 43.1 Å². The van der Waals surface area contributed by atoms with Crippen molar-refractivity contribution in [3.05, 3.63) is 34.2 Å². The van der Waals surface area contributed by atoms with Crippen LogP contribution >= 0.6 is 22.6 Å². The Bertz CT molecular complexity index is 748. The van der Waals surface area contributed by atoms with Gasteiger partial charge in [0, 0.05) is 0 Å². The van der Waals surface area contributed by atoms with Gasteiger partial charge in [0.05, 0.1) is 31.1 Å². The van der Waals surface area contributed by atoms with Crippen molar-refractivity contribution in [3.63, 3.8) is 0 Å². The third-order valence-corrected chi connectivity index (χ3v) is 4.04. The monoisotopic (exact) mass is 396 g/mol. The first-order valence-electron chi connectivity index (χ1n) is 6.39. The van der Waals surface area contributed by atoms with Gasteiger partial charge in [-0.1, -0.05) is 0 Å². The quantitative estimate of drug-likeness (QED) is 0.633. The zero-order valence-corrected chi connectivity index (χ0v) is 13.7. The first kappa shape index (κ1) is 14.0. The van der Waals surface area contributed by atoms with E-state index in [1.807, 2.05) is 35.9 Å². The van der Waals surface area contributed by atoms with Crippen LogP contribution in [0.15, 0.2) is 30.5 Å². The van der Waals surface area contributed by atoms with Gasteiger partial charge in [-0.25, -0.2) is 4.68 Å². The van der Waals surface area contributed by atoms with E-state index in [0.717, 1.165) is 20.7 Å². The summed E-state index contributed by atoms with van der Waals surface area (Å²) in [5.41, 5.74) is 1.82. The van der Waals surface area contributed by atoms with Crippen LogP contribution in [0.2, 0.25) is 0 Å². The van der Waals surface area contributed by atoms with Crippen molar-refractivity contribution in [1.82, 2.24) is 30.0 Å². The van der Waals surface area contributed by atoms with Gasteiger partial charge in [-0.05, 0) is 59.0 Å². The smallest absolute Gasteiger partial charge is 0.209 e. The molecule has 0 saturated carbocycles. The summed E-state index contributed by atoms with van der Waals surface area (Å²) < 4.78 is 7.94. The van der Waals surface area contributed by atoms with Crippen LogP contribution in [0.3, 0.4) is 0 Å². The summed E-state index contributed by atoms with van der Waals surface area (Å²) in [4.78, 5) is 1.55. The van der Waals surface area contributed by atoms with Gasteiger partial charge in [0.2, 0.25) is 5.82 Å². The predicted octanol–water partition coefficient (Wildman–Crippen LogP) is 2.16. The molecule has 0 atom stereocenters. The van der Waals surface area contributed by atoms with Crippen LogP contribution in [-0.4, -0.2) is 37.1 Å². The summed E-state index contributed by atoms with van der Waals surface area (Å²) in [5.74, 6) is 1.40. The van der Waals surface area contributed by atoms with E-state index < -0.39 is 0 Å². The molecule has 0 bridgehead atoms. The Morgan fingerprint density at radius 2 is 2.00 bits per heavy atom. The zero-order chi connectivity index (χ0) is 14.8. The van der Waals surface area contributed by atoms with Gasteiger partial charge in [0.25, 0.3) is 0 Å². The van der Waals surface area contributed by atoms with E-state index in [0.29, 0.717) is 12.4 Å². The largest absolute Gasteiger partial charge is 0.497 e. The Balaban J connectivity index is 1.97. The van der Waals surface area contributed by atoms with Gasteiger partial charge in [-0.2, -0.15) is 9.90 Å². The molecule has 3 aromatic rings. The Hall–Kier alpha value is -1.97. The number of aryl methyl sites for hydroxylation is 1. The highest BCUT2D eigenvalue weighted by molar-refractivity contribution is 14.1. The lowest BCUT2D eigenvalue weighted by Gasteiger charge is -2.05. The molecule has 0 aliphatic heterocycles. The lowest BCUT2D eigenvalue weighted by Crippen LogP contribution is -1.99. The molecule has 2 heterocycles. The fourth-order valence-electron chi connectivity index (χ4n) is 1.87. The Morgan fingerprint density at radius 3 is 2.62 bits per heavy atom. The number of hydrogen-bond acceptors (Lipinski definition) is 5. The fourth-order valence-corrected chi connectivity index (χ4v) is 2.66. The third kappa shape index (κ3) is 2.62. The molecule has 0 unspecified atom stereocenters. The van der Waals surface area contributed by atoms with Crippen molar-refractivity contribution in [3.8, 4) is 22.8 Å². The van der Waals surface area contributed by atoms with Gasteiger partial charge in [0.15, 0.2) is 0 Å². The molecule has 108 valence electrons. The van der Waals surface area contributed by atoms with E-state index in [-0.39, 0.29) is 0 Å². The van der Waals surface area contributed by atoms with Crippen LogP contribution < -0.4 is 4.74 Å². The topological polar surface area (TPSA) is 70.7 Å². The molecule has 0 N–H and O–H groups in total. The number of methoxy groups -OCH3 is 1. The van der Waals surface area contributed by atoms with E-state index in [1.54, 1.807) is 18.1 Å². The molecule has 1 aromatic carbocycles. The number of hydrogen-bond donors (Lipinski definition) is 0. The second kappa shape index (κ2) is 5.80. The molecule has 7 nitrogen and oxygen atoms in total. The summed E-state index contributed by atoms with van der Waals surface area (Å²) in [6.07, 6.45) is 1.75. The Labute approximate surface area is 135 Å². The number of ether oxygens (including phenoxy) is 1. The van der Waals surface area contributed by atoms with Gasteiger partial charge >= 0.3 is 0 Å². The average Bonchev–Trinajstić information content (AvgIpc) is 3.13. The Kier molecular flexibility index (Phi) is 3.86. The molecule has 0 radical (unpaired) electrons. The molecule has 8 heteroatoms. The van der Waals surface area contributed by atoms with Crippen molar-refractivity contribution in [2.45, 2.75) is 13.5 Å². The molecule has 0 amide bonds. The summed E-state index contributed by atoms with van der Waals surface area (Å²) in [6.45, 7) is 2.66. The predicted molar refractivity (Wildman–Crippen MR) is 85.3 cm³/mol. The molecule has 21 heavy (non-hydrogen) atoms. The number of nitrogens with zero attached hydrogens (tertiary/aromatic N) is 6. The molecule has 0 spiro atoms. The maximum absolute atomic E-state index is 5.16. The summed E-state index contributed by atoms with van der Waals surface area (Å²) in [7, 11) is 1.65. The number of tetrazole rings is 1. The maximum Gasteiger partial charge on any atom is 0.209 e. The minimum absolute atomic E-state index is 0.584. The van der Waals surface area contributed by atoms with Gasteiger partial charge in [-0.3, -0.25) is 0 Å². The highest BCUT2D eigenvalue weighted by atomic mass is 127. The molecule has 0 aliphatic carbocycles. The van der Waals surface area contributed by atoms with Crippen LogP contribution in [-0.2, 0) is 6.54 Å². The number of aromatic nitrogens is 6. The van der Waals surface area contributed by atoms with Crippen molar-refractivity contribution in [1.29, 1.82) is 0 Å². The van der Waals surface area contributed by atoms with Crippen LogP contribution in [0.25, 0.3) is 17.1 Å².